The van der Waals surface area contributed by atoms with Gasteiger partial charge in [-0.2, -0.15) is 0 Å². The molecule has 2 aromatic carbocycles. The van der Waals surface area contributed by atoms with E-state index in [9.17, 15) is 13.6 Å². The van der Waals surface area contributed by atoms with Gasteiger partial charge in [-0.05, 0) is 30.7 Å². The standard InChI is InChI=1S/C18H18F2N2O/c1-13-4-2-3-5-15(13)18(23)22-10-8-21(9-11-22)17-7-6-14(19)12-16(17)20/h2-7,12H,8-11H2,1H3. The van der Waals surface area contributed by atoms with E-state index < -0.39 is 11.6 Å². The van der Waals surface area contributed by atoms with Crippen LogP contribution in [0.1, 0.15) is 15.9 Å². The van der Waals surface area contributed by atoms with Crippen LogP contribution in [0.25, 0.3) is 0 Å². The van der Waals surface area contributed by atoms with Crippen LogP contribution in [0, 0.1) is 18.6 Å². The molecule has 2 aromatic rings. The van der Waals surface area contributed by atoms with Gasteiger partial charge in [-0.25, -0.2) is 8.78 Å². The van der Waals surface area contributed by atoms with Crippen LogP contribution in [-0.2, 0) is 0 Å². The van der Waals surface area contributed by atoms with Gasteiger partial charge >= 0.3 is 0 Å². The van der Waals surface area contributed by atoms with Gasteiger partial charge in [0.15, 0.2) is 0 Å². The van der Waals surface area contributed by atoms with Gasteiger partial charge in [0.2, 0.25) is 0 Å². The molecule has 0 spiro atoms. The number of piperazine rings is 1. The van der Waals surface area contributed by atoms with E-state index in [0.29, 0.717) is 37.4 Å². The topological polar surface area (TPSA) is 23.6 Å². The fourth-order valence-corrected chi connectivity index (χ4v) is 2.87. The largest absolute Gasteiger partial charge is 0.366 e. The van der Waals surface area contributed by atoms with E-state index in [4.69, 9.17) is 0 Å². The average molecular weight is 316 g/mol. The molecular formula is C18H18F2N2O. The second-order valence-electron chi connectivity index (χ2n) is 5.69. The SMILES string of the molecule is Cc1ccccc1C(=O)N1CCN(c2ccc(F)cc2F)CC1. The summed E-state index contributed by atoms with van der Waals surface area (Å²) in [6.07, 6.45) is 0. The highest BCUT2D eigenvalue weighted by molar-refractivity contribution is 5.95. The zero-order valence-electron chi connectivity index (χ0n) is 12.9. The van der Waals surface area contributed by atoms with Crippen molar-refractivity contribution in [2.45, 2.75) is 6.92 Å². The summed E-state index contributed by atoms with van der Waals surface area (Å²) in [4.78, 5) is 16.2. The molecule has 120 valence electrons. The molecule has 1 aliphatic rings. The van der Waals surface area contributed by atoms with Crippen LogP contribution < -0.4 is 4.90 Å². The number of rotatable bonds is 2. The van der Waals surface area contributed by atoms with E-state index in [1.807, 2.05) is 36.1 Å². The second-order valence-corrected chi connectivity index (χ2v) is 5.69. The minimum Gasteiger partial charge on any atom is -0.366 e. The van der Waals surface area contributed by atoms with Gasteiger partial charge in [0.25, 0.3) is 5.91 Å². The molecule has 3 nitrogen and oxygen atoms in total. The van der Waals surface area contributed by atoms with E-state index in [1.54, 1.807) is 4.90 Å². The van der Waals surface area contributed by atoms with E-state index in [-0.39, 0.29) is 5.91 Å². The lowest BCUT2D eigenvalue weighted by Crippen LogP contribution is -2.49. The molecule has 1 saturated heterocycles. The van der Waals surface area contributed by atoms with Crippen molar-refractivity contribution in [3.05, 3.63) is 65.2 Å². The molecule has 23 heavy (non-hydrogen) atoms. The van der Waals surface area contributed by atoms with Crippen LogP contribution in [0.5, 0.6) is 0 Å². The smallest absolute Gasteiger partial charge is 0.254 e. The van der Waals surface area contributed by atoms with Crippen molar-refractivity contribution in [2.24, 2.45) is 0 Å². The van der Waals surface area contributed by atoms with Crippen molar-refractivity contribution in [3.63, 3.8) is 0 Å². The fourth-order valence-electron chi connectivity index (χ4n) is 2.87. The van der Waals surface area contributed by atoms with Crippen LogP contribution in [0.15, 0.2) is 42.5 Å². The lowest BCUT2D eigenvalue weighted by molar-refractivity contribution is 0.0746. The summed E-state index contributed by atoms with van der Waals surface area (Å²) in [5.41, 5.74) is 2.04. The Hall–Kier alpha value is -2.43. The maximum Gasteiger partial charge on any atom is 0.254 e. The summed E-state index contributed by atoms with van der Waals surface area (Å²) in [6, 6.07) is 11.1. The predicted molar refractivity (Wildman–Crippen MR) is 85.7 cm³/mol. The Morgan fingerprint density at radius 3 is 2.35 bits per heavy atom. The van der Waals surface area contributed by atoms with E-state index in [0.717, 1.165) is 11.6 Å². The first-order valence-corrected chi connectivity index (χ1v) is 7.61. The number of anilines is 1. The molecule has 0 aliphatic carbocycles. The summed E-state index contributed by atoms with van der Waals surface area (Å²) >= 11 is 0. The van der Waals surface area contributed by atoms with Crippen LogP contribution >= 0.6 is 0 Å². The number of hydrogen-bond acceptors (Lipinski definition) is 2. The second kappa shape index (κ2) is 6.36. The van der Waals surface area contributed by atoms with Crippen LogP contribution in [0.4, 0.5) is 14.5 Å². The van der Waals surface area contributed by atoms with E-state index in [1.165, 1.54) is 12.1 Å². The predicted octanol–water partition coefficient (Wildman–Crippen LogP) is 3.24. The molecule has 1 amide bonds. The number of nitrogens with zero attached hydrogens (tertiary/aromatic N) is 2. The molecule has 3 rings (SSSR count). The first-order chi connectivity index (χ1) is 11.1. The van der Waals surface area contributed by atoms with E-state index >= 15 is 0 Å². The number of aryl methyl sites for hydroxylation is 1. The number of hydrogen-bond donors (Lipinski definition) is 0. The third-order valence-electron chi connectivity index (χ3n) is 4.19. The van der Waals surface area contributed by atoms with Gasteiger partial charge < -0.3 is 9.80 Å². The molecule has 0 atom stereocenters. The third kappa shape index (κ3) is 3.18. The number of carbonyl (C=O) groups is 1. The molecule has 1 aliphatic heterocycles. The molecule has 0 saturated carbocycles. The third-order valence-corrected chi connectivity index (χ3v) is 4.19. The normalized spacial score (nSPS) is 14.9. The van der Waals surface area contributed by atoms with Gasteiger partial charge in [-0.15, -0.1) is 0 Å². The first-order valence-electron chi connectivity index (χ1n) is 7.61. The number of amides is 1. The Morgan fingerprint density at radius 2 is 1.70 bits per heavy atom. The number of halogens is 2. The molecule has 0 unspecified atom stereocenters. The fraction of sp³-hybridized carbons (Fsp3) is 0.278. The van der Waals surface area contributed by atoms with Crippen molar-refractivity contribution in [1.29, 1.82) is 0 Å². The van der Waals surface area contributed by atoms with Crippen molar-refractivity contribution >= 4 is 11.6 Å². The first kappa shape index (κ1) is 15.5. The molecule has 0 radical (unpaired) electrons. The van der Waals surface area contributed by atoms with Crippen molar-refractivity contribution in [1.82, 2.24) is 4.90 Å². The average Bonchev–Trinajstić information content (AvgIpc) is 2.55. The Kier molecular flexibility index (Phi) is 4.28. The minimum absolute atomic E-state index is 0.00216. The highest BCUT2D eigenvalue weighted by Gasteiger charge is 2.24. The summed E-state index contributed by atoms with van der Waals surface area (Å²) in [7, 11) is 0. The quantitative estimate of drug-likeness (QED) is 0.849. The monoisotopic (exact) mass is 316 g/mol. The van der Waals surface area contributed by atoms with Crippen molar-refractivity contribution < 1.29 is 13.6 Å². The Balaban J connectivity index is 1.69. The van der Waals surface area contributed by atoms with Gasteiger partial charge in [-0.3, -0.25) is 4.79 Å². The summed E-state index contributed by atoms with van der Waals surface area (Å²) in [6.45, 7) is 4.01. The van der Waals surface area contributed by atoms with Crippen LogP contribution in [-0.4, -0.2) is 37.0 Å². The van der Waals surface area contributed by atoms with Gasteiger partial charge in [0.1, 0.15) is 11.6 Å². The maximum absolute atomic E-state index is 13.8. The Labute approximate surface area is 134 Å². The maximum atomic E-state index is 13.8. The van der Waals surface area contributed by atoms with E-state index in [2.05, 4.69) is 0 Å². The van der Waals surface area contributed by atoms with Crippen molar-refractivity contribution in [2.75, 3.05) is 31.1 Å². The van der Waals surface area contributed by atoms with Crippen LogP contribution in [0.3, 0.4) is 0 Å². The summed E-state index contributed by atoms with van der Waals surface area (Å²) < 4.78 is 26.8. The zero-order chi connectivity index (χ0) is 16.4. The zero-order valence-corrected chi connectivity index (χ0v) is 12.9. The molecule has 1 heterocycles. The Bertz CT molecular complexity index is 725. The Morgan fingerprint density at radius 1 is 1.00 bits per heavy atom. The molecule has 5 heteroatoms. The molecular weight excluding hydrogens is 298 g/mol. The van der Waals surface area contributed by atoms with Crippen LogP contribution in [0.2, 0.25) is 0 Å². The van der Waals surface area contributed by atoms with Gasteiger partial charge in [0, 0.05) is 37.8 Å². The number of benzene rings is 2. The number of carbonyl (C=O) groups excluding carboxylic acids is 1. The summed E-state index contributed by atoms with van der Waals surface area (Å²) in [5, 5.41) is 0. The lowest BCUT2D eigenvalue weighted by atomic mass is 10.1. The lowest BCUT2D eigenvalue weighted by Gasteiger charge is -2.36. The molecule has 0 N–H and O–H groups in total. The van der Waals surface area contributed by atoms with Gasteiger partial charge in [0.05, 0.1) is 5.69 Å². The summed E-state index contributed by atoms with van der Waals surface area (Å²) in [5.74, 6) is -1.15. The molecule has 0 bridgehead atoms. The van der Waals surface area contributed by atoms with Crippen molar-refractivity contribution in [3.8, 4) is 0 Å². The minimum atomic E-state index is -0.584. The highest BCUT2D eigenvalue weighted by Crippen LogP contribution is 2.22. The molecule has 1 fully saturated rings. The highest BCUT2D eigenvalue weighted by atomic mass is 19.1. The molecule has 0 aromatic heterocycles. The van der Waals surface area contributed by atoms with Gasteiger partial charge in [-0.1, -0.05) is 18.2 Å².